The second-order valence-electron chi connectivity index (χ2n) is 4.77. The largest absolute Gasteiger partial charge is 0.350 e. The lowest BCUT2D eigenvalue weighted by Gasteiger charge is -2.18. The van der Waals surface area contributed by atoms with Gasteiger partial charge in [-0.15, -0.1) is 0 Å². The second-order valence-corrected chi connectivity index (χ2v) is 4.77. The summed E-state index contributed by atoms with van der Waals surface area (Å²) in [5.74, 6) is -0.447. The van der Waals surface area contributed by atoms with E-state index < -0.39 is 11.6 Å². The van der Waals surface area contributed by atoms with Crippen molar-refractivity contribution in [3.63, 3.8) is 0 Å². The van der Waals surface area contributed by atoms with Gasteiger partial charge in [-0.3, -0.25) is 9.67 Å². The van der Waals surface area contributed by atoms with E-state index in [1.165, 1.54) is 18.5 Å². The van der Waals surface area contributed by atoms with Crippen molar-refractivity contribution in [3.8, 4) is 0 Å². The molecular weight excluding hydrogens is 290 g/mol. The number of benzene rings is 1. The third-order valence-electron chi connectivity index (χ3n) is 3.24. The van der Waals surface area contributed by atoms with Crippen LogP contribution >= 0.6 is 0 Å². The Morgan fingerprint density at radius 2 is 2.14 bits per heavy atom. The maximum atomic E-state index is 13.3. The van der Waals surface area contributed by atoms with Crippen LogP contribution in [0, 0.1) is 11.6 Å². The molecule has 0 amide bonds. The highest BCUT2D eigenvalue weighted by atomic mass is 19.2. The fourth-order valence-corrected chi connectivity index (χ4v) is 1.91. The Hall–Kier alpha value is -2.51. The summed E-state index contributed by atoms with van der Waals surface area (Å²) in [6.07, 6.45) is 1.47. The fraction of sp³-hybridized carbons (Fsp3) is 0.357. The van der Waals surface area contributed by atoms with Crippen molar-refractivity contribution in [2.24, 2.45) is 12.0 Å². The number of halogens is 2. The number of nitrogens with zero attached hydrogens (tertiary/aromatic N) is 4. The van der Waals surface area contributed by atoms with Gasteiger partial charge in [0, 0.05) is 14.1 Å². The SMILES string of the molecule is CN=C(NCc1ncnn1C)NC(C)c1ccc(F)c(F)c1. The maximum absolute atomic E-state index is 13.3. The Kier molecular flexibility index (Phi) is 5.03. The van der Waals surface area contributed by atoms with Crippen molar-refractivity contribution in [3.05, 3.63) is 47.5 Å². The van der Waals surface area contributed by atoms with Crippen LogP contribution in [-0.2, 0) is 13.6 Å². The highest BCUT2D eigenvalue weighted by Gasteiger charge is 2.11. The summed E-state index contributed by atoms with van der Waals surface area (Å²) in [6.45, 7) is 2.28. The first-order chi connectivity index (χ1) is 10.5. The van der Waals surface area contributed by atoms with E-state index in [2.05, 4.69) is 25.7 Å². The molecule has 6 nitrogen and oxygen atoms in total. The van der Waals surface area contributed by atoms with E-state index in [1.54, 1.807) is 18.8 Å². The number of rotatable bonds is 4. The molecule has 8 heteroatoms. The monoisotopic (exact) mass is 308 g/mol. The minimum absolute atomic E-state index is 0.235. The number of aromatic nitrogens is 3. The van der Waals surface area contributed by atoms with Crippen molar-refractivity contribution < 1.29 is 8.78 Å². The van der Waals surface area contributed by atoms with Gasteiger partial charge in [-0.2, -0.15) is 5.10 Å². The molecule has 1 heterocycles. The Bertz CT molecular complexity index is 667. The summed E-state index contributed by atoms with van der Waals surface area (Å²) in [4.78, 5) is 8.19. The van der Waals surface area contributed by atoms with Crippen LogP contribution in [0.15, 0.2) is 29.5 Å². The number of aryl methyl sites for hydroxylation is 1. The molecule has 2 aromatic rings. The van der Waals surface area contributed by atoms with Gasteiger partial charge >= 0.3 is 0 Å². The standard InChI is InChI=1S/C14H18F2N6/c1-9(10-4-5-11(15)12(16)6-10)21-14(17-2)18-7-13-19-8-20-22(13)3/h4-6,8-9H,7H2,1-3H3,(H2,17,18,21). The third-order valence-corrected chi connectivity index (χ3v) is 3.24. The first-order valence-electron chi connectivity index (χ1n) is 6.76. The lowest BCUT2D eigenvalue weighted by Crippen LogP contribution is -2.38. The van der Waals surface area contributed by atoms with Crippen LogP contribution in [0.25, 0.3) is 0 Å². The molecule has 118 valence electrons. The number of guanidine groups is 1. The fourth-order valence-electron chi connectivity index (χ4n) is 1.91. The highest BCUT2D eigenvalue weighted by molar-refractivity contribution is 5.80. The van der Waals surface area contributed by atoms with Crippen molar-refractivity contribution in [1.29, 1.82) is 0 Å². The number of hydrogen-bond acceptors (Lipinski definition) is 3. The quantitative estimate of drug-likeness (QED) is 0.664. The normalized spacial score (nSPS) is 13.0. The lowest BCUT2D eigenvalue weighted by molar-refractivity contribution is 0.504. The summed E-state index contributed by atoms with van der Waals surface area (Å²) < 4.78 is 27.9. The average molecular weight is 308 g/mol. The second kappa shape index (κ2) is 6.97. The van der Waals surface area contributed by atoms with E-state index in [4.69, 9.17) is 0 Å². The molecule has 1 unspecified atom stereocenters. The van der Waals surface area contributed by atoms with Crippen molar-refractivity contribution in [2.45, 2.75) is 19.5 Å². The van der Waals surface area contributed by atoms with E-state index in [0.29, 0.717) is 18.1 Å². The molecule has 1 aromatic heterocycles. The van der Waals surface area contributed by atoms with Gasteiger partial charge < -0.3 is 10.6 Å². The van der Waals surface area contributed by atoms with Crippen LogP contribution in [0.4, 0.5) is 8.78 Å². The molecule has 0 saturated carbocycles. The molecular formula is C14H18F2N6. The van der Waals surface area contributed by atoms with Crippen LogP contribution in [0.5, 0.6) is 0 Å². The first-order valence-corrected chi connectivity index (χ1v) is 6.76. The Balaban J connectivity index is 1.97. The number of nitrogens with one attached hydrogen (secondary N) is 2. The molecule has 0 aliphatic heterocycles. The Morgan fingerprint density at radius 3 is 2.73 bits per heavy atom. The molecule has 0 saturated heterocycles. The molecule has 0 radical (unpaired) electrons. The molecule has 0 aliphatic rings. The van der Waals surface area contributed by atoms with Gasteiger partial charge in [0.1, 0.15) is 12.2 Å². The molecule has 1 atom stereocenters. The highest BCUT2D eigenvalue weighted by Crippen LogP contribution is 2.15. The summed E-state index contributed by atoms with van der Waals surface area (Å²) in [5.41, 5.74) is 0.625. The average Bonchev–Trinajstić information content (AvgIpc) is 2.91. The van der Waals surface area contributed by atoms with Gasteiger partial charge in [-0.05, 0) is 24.6 Å². The van der Waals surface area contributed by atoms with Gasteiger partial charge in [0.2, 0.25) is 0 Å². The zero-order chi connectivity index (χ0) is 16.1. The lowest BCUT2D eigenvalue weighted by atomic mass is 10.1. The minimum atomic E-state index is -0.867. The molecule has 0 bridgehead atoms. The van der Waals surface area contributed by atoms with Gasteiger partial charge in [-0.1, -0.05) is 6.07 Å². The third kappa shape index (κ3) is 3.78. The first kappa shape index (κ1) is 15.9. The summed E-state index contributed by atoms with van der Waals surface area (Å²) in [7, 11) is 3.42. The van der Waals surface area contributed by atoms with Crippen molar-refractivity contribution in [2.75, 3.05) is 7.05 Å². The van der Waals surface area contributed by atoms with Gasteiger partial charge in [0.05, 0.1) is 12.6 Å². The van der Waals surface area contributed by atoms with E-state index in [0.717, 1.165) is 11.9 Å². The molecule has 0 spiro atoms. The van der Waals surface area contributed by atoms with E-state index in [9.17, 15) is 8.78 Å². The summed E-state index contributed by atoms with van der Waals surface area (Å²) in [6, 6.07) is 3.58. The van der Waals surface area contributed by atoms with Crippen LogP contribution in [0.2, 0.25) is 0 Å². The van der Waals surface area contributed by atoms with Crippen LogP contribution < -0.4 is 10.6 Å². The Morgan fingerprint density at radius 1 is 1.36 bits per heavy atom. The number of aliphatic imine (C=N–C) groups is 1. The zero-order valence-corrected chi connectivity index (χ0v) is 12.6. The zero-order valence-electron chi connectivity index (χ0n) is 12.6. The molecule has 2 N–H and O–H groups in total. The maximum Gasteiger partial charge on any atom is 0.191 e. The van der Waals surface area contributed by atoms with Gasteiger partial charge in [0.15, 0.2) is 17.6 Å². The van der Waals surface area contributed by atoms with Crippen LogP contribution in [0.3, 0.4) is 0 Å². The minimum Gasteiger partial charge on any atom is -0.350 e. The molecule has 0 fully saturated rings. The predicted octanol–water partition coefficient (Wildman–Crippen LogP) is 1.52. The summed E-state index contributed by atoms with van der Waals surface area (Å²) >= 11 is 0. The van der Waals surface area contributed by atoms with Gasteiger partial charge in [0.25, 0.3) is 0 Å². The van der Waals surface area contributed by atoms with Crippen molar-refractivity contribution >= 4 is 5.96 Å². The molecule has 1 aromatic carbocycles. The predicted molar refractivity (Wildman–Crippen MR) is 79.1 cm³/mol. The molecule has 22 heavy (non-hydrogen) atoms. The van der Waals surface area contributed by atoms with Gasteiger partial charge in [-0.25, -0.2) is 13.8 Å². The van der Waals surface area contributed by atoms with Crippen LogP contribution in [0.1, 0.15) is 24.4 Å². The molecule has 2 rings (SSSR count). The van der Waals surface area contributed by atoms with Crippen LogP contribution in [-0.4, -0.2) is 27.8 Å². The smallest absolute Gasteiger partial charge is 0.191 e. The number of hydrogen-bond donors (Lipinski definition) is 2. The topological polar surface area (TPSA) is 67.1 Å². The van der Waals surface area contributed by atoms with E-state index in [-0.39, 0.29) is 6.04 Å². The van der Waals surface area contributed by atoms with E-state index >= 15 is 0 Å². The molecule has 0 aliphatic carbocycles. The van der Waals surface area contributed by atoms with Crippen molar-refractivity contribution in [1.82, 2.24) is 25.4 Å². The Labute approximate surface area is 127 Å². The van der Waals surface area contributed by atoms with E-state index in [1.807, 2.05) is 6.92 Å². The summed E-state index contributed by atoms with van der Waals surface area (Å²) in [5, 5.41) is 10.2.